The fourth-order valence-corrected chi connectivity index (χ4v) is 6.92. The molecular weight excluding hydrogens is 620 g/mol. The van der Waals surface area contributed by atoms with Gasteiger partial charge in [0.2, 0.25) is 11.9 Å². The average Bonchev–Trinajstić information content (AvgIpc) is 3.93. The van der Waals surface area contributed by atoms with E-state index >= 15 is 0 Å². The number of anilines is 4. The minimum absolute atomic E-state index is 0.0675. The van der Waals surface area contributed by atoms with Crippen LogP contribution in [0.2, 0.25) is 0 Å². The molecule has 2 aliphatic heterocycles. The van der Waals surface area contributed by atoms with E-state index in [1.165, 1.54) is 32.0 Å². The summed E-state index contributed by atoms with van der Waals surface area (Å²) in [4.78, 5) is 35.2. The molecule has 4 N–H and O–H groups in total. The second-order valence-electron chi connectivity index (χ2n) is 12.5. The number of amides is 1. The number of methoxy groups -OCH3 is 1. The molecule has 0 radical (unpaired) electrons. The number of piperidine rings is 1. The lowest BCUT2D eigenvalue weighted by Gasteiger charge is -2.38. The molecule has 0 atom stereocenters. The fourth-order valence-electron chi connectivity index (χ4n) is 6.92. The van der Waals surface area contributed by atoms with Crippen LogP contribution in [0.3, 0.4) is 0 Å². The molecule has 2 saturated heterocycles. The van der Waals surface area contributed by atoms with Gasteiger partial charge in [0.25, 0.3) is 0 Å². The maximum atomic E-state index is 12.6. The van der Waals surface area contributed by atoms with Crippen molar-refractivity contribution in [1.29, 1.82) is 0 Å². The predicted octanol–water partition coefficient (Wildman–Crippen LogP) is 6.15. The summed E-state index contributed by atoms with van der Waals surface area (Å²) in [6.07, 6.45) is 10.5. The third kappa shape index (κ3) is 7.01. The summed E-state index contributed by atoms with van der Waals surface area (Å²) in [5.74, 6) is 1.40. The van der Waals surface area contributed by atoms with E-state index in [0.717, 1.165) is 65.4 Å². The summed E-state index contributed by atoms with van der Waals surface area (Å²) in [6.45, 7) is 7.88. The molecule has 2 aliphatic rings. The number of fused-ring (bicyclic) bond motifs is 1. The minimum atomic E-state index is -0.293. The molecule has 0 spiro atoms. The summed E-state index contributed by atoms with van der Waals surface area (Å²) in [6, 6.07) is 14.2. The first-order valence-corrected chi connectivity index (χ1v) is 16.9. The zero-order valence-corrected chi connectivity index (χ0v) is 27.7. The molecule has 0 bridgehead atoms. The molecule has 12 nitrogen and oxygen atoms in total. The van der Waals surface area contributed by atoms with Crippen molar-refractivity contribution in [2.45, 2.75) is 44.6 Å². The standard InChI is InChI=1S/C37H42N8O4/c1-3-34(47)39-28-22-29(32(48-2)23-30(28)45-17-11-26(12-18-45)44-15-4-5-16-44)41-37-38-14-10-27(40-37)36-35(42-33(43-36)7-6-19-46)25-9-8-24-13-20-49-31(24)21-25/h3,8-10,13-14,20-23,26,46H,1,4-7,11-12,15-19H2,2H3,(H,39,47)(H,42,43)(H,38,40,41). The van der Waals surface area contributed by atoms with Crippen LogP contribution in [0.1, 0.15) is 37.9 Å². The number of aromatic nitrogens is 4. The van der Waals surface area contributed by atoms with E-state index in [0.29, 0.717) is 47.7 Å². The van der Waals surface area contributed by atoms with Crippen LogP contribution >= 0.6 is 0 Å². The normalized spacial score (nSPS) is 15.5. The first-order chi connectivity index (χ1) is 24.0. The number of likely N-dealkylation sites (tertiary alicyclic amines) is 1. The van der Waals surface area contributed by atoms with Crippen molar-refractivity contribution in [2.75, 3.05) is 55.4 Å². The second-order valence-corrected chi connectivity index (χ2v) is 12.5. The Morgan fingerprint density at radius 1 is 1.10 bits per heavy atom. The van der Waals surface area contributed by atoms with Crippen LogP contribution in [0.25, 0.3) is 33.6 Å². The van der Waals surface area contributed by atoms with Crippen LogP contribution in [-0.2, 0) is 11.2 Å². The fraction of sp³-hybridized carbons (Fsp3) is 0.351. The largest absolute Gasteiger partial charge is 0.494 e. The van der Waals surface area contributed by atoms with Gasteiger partial charge in [-0.25, -0.2) is 15.0 Å². The molecule has 3 aromatic heterocycles. The highest BCUT2D eigenvalue weighted by atomic mass is 16.5. The van der Waals surface area contributed by atoms with Gasteiger partial charge in [-0.3, -0.25) is 4.79 Å². The molecule has 254 valence electrons. The van der Waals surface area contributed by atoms with Crippen LogP contribution in [0, 0.1) is 0 Å². The Morgan fingerprint density at radius 3 is 2.71 bits per heavy atom. The summed E-state index contributed by atoms with van der Waals surface area (Å²) in [7, 11) is 1.63. The van der Waals surface area contributed by atoms with E-state index in [2.05, 4.69) is 37.0 Å². The van der Waals surface area contributed by atoms with E-state index < -0.39 is 0 Å². The molecule has 7 rings (SSSR count). The Kier molecular flexibility index (Phi) is 9.58. The van der Waals surface area contributed by atoms with E-state index in [9.17, 15) is 9.90 Å². The van der Waals surface area contributed by atoms with Gasteiger partial charge in [0, 0.05) is 55.4 Å². The highest BCUT2D eigenvalue weighted by molar-refractivity contribution is 6.02. The highest BCUT2D eigenvalue weighted by Crippen LogP contribution is 2.40. The number of benzene rings is 2. The smallest absolute Gasteiger partial charge is 0.247 e. The van der Waals surface area contributed by atoms with Gasteiger partial charge in [-0.05, 0) is 75.5 Å². The number of aryl methyl sites for hydroxylation is 1. The highest BCUT2D eigenvalue weighted by Gasteiger charge is 2.28. The Labute approximate surface area is 285 Å². The van der Waals surface area contributed by atoms with Crippen LogP contribution < -0.4 is 20.3 Å². The van der Waals surface area contributed by atoms with Gasteiger partial charge >= 0.3 is 0 Å². The maximum Gasteiger partial charge on any atom is 0.247 e. The van der Waals surface area contributed by atoms with E-state index in [1.54, 1.807) is 19.6 Å². The third-order valence-corrected chi connectivity index (χ3v) is 9.44. The summed E-state index contributed by atoms with van der Waals surface area (Å²) in [5.41, 5.74) is 5.88. The lowest BCUT2D eigenvalue weighted by molar-refractivity contribution is -0.111. The number of rotatable bonds is 12. The molecule has 5 heterocycles. The van der Waals surface area contributed by atoms with Crippen molar-refractivity contribution in [1.82, 2.24) is 24.8 Å². The number of imidazole rings is 1. The zero-order valence-electron chi connectivity index (χ0n) is 27.7. The number of nitrogens with one attached hydrogen (secondary N) is 3. The van der Waals surface area contributed by atoms with Crippen molar-refractivity contribution in [2.24, 2.45) is 0 Å². The molecule has 1 amide bonds. The molecular formula is C37H42N8O4. The third-order valence-electron chi connectivity index (χ3n) is 9.44. The number of aromatic amines is 1. The van der Waals surface area contributed by atoms with Crippen molar-refractivity contribution in [3.8, 4) is 28.4 Å². The first-order valence-electron chi connectivity index (χ1n) is 16.9. The summed E-state index contributed by atoms with van der Waals surface area (Å²) >= 11 is 0. The van der Waals surface area contributed by atoms with Gasteiger partial charge in [-0.2, -0.15) is 0 Å². The number of nitrogens with zero attached hydrogens (tertiary/aromatic N) is 5. The molecule has 5 aromatic rings. The van der Waals surface area contributed by atoms with Gasteiger partial charge in [-0.15, -0.1) is 0 Å². The number of ether oxygens (including phenoxy) is 1. The Bertz CT molecular complexity index is 1940. The number of H-pyrrole nitrogens is 1. The number of hydrogen-bond donors (Lipinski definition) is 4. The molecule has 0 aliphatic carbocycles. The molecule has 2 aromatic carbocycles. The summed E-state index contributed by atoms with van der Waals surface area (Å²) < 4.78 is 11.5. The molecule has 0 saturated carbocycles. The Morgan fingerprint density at radius 2 is 1.94 bits per heavy atom. The average molecular weight is 663 g/mol. The summed E-state index contributed by atoms with van der Waals surface area (Å²) in [5, 5.41) is 16.8. The topological polar surface area (TPSA) is 145 Å². The Balaban J connectivity index is 1.19. The van der Waals surface area contributed by atoms with Gasteiger partial charge < -0.3 is 39.7 Å². The zero-order chi connectivity index (χ0) is 33.7. The number of aliphatic hydroxyl groups excluding tert-OH is 1. The predicted molar refractivity (Wildman–Crippen MR) is 191 cm³/mol. The molecule has 2 fully saturated rings. The van der Waals surface area contributed by atoms with Crippen LogP contribution in [-0.4, -0.2) is 81.8 Å². The molecule has 12 heteroatoms. The van der Waals surface area contributed by atoms with Crippen molar-refractivity contribution in [3.05, 3.63) is 73.4 Å². The molecule has 0 unspecified atom stereocenters. The second kappa shape index (κ2) is 14.5. The number of carbonyl (C=O) groups is 1. The first kappa shape index (κ1) is 32.4. The van der Waals surface area contributed by atoms with E-state index in [-0.39, 0.29) is 12.5 Å². The molecule has 49 heavy (non-hydrogen) atoms. The van der Waals surface area contributed by atoms with Crippen molar-refractivity contribution < 1.29 is 19.1 Å². The SMILES string of the molecule is C=CC(=O)Nc1cc(Nc2nccc(-c3[nH]c(CCCO)nc3-c3ccc4ccoc4c3)n2)c(OC)cc1N1CCC(N2CCCC2)CC1. The van der Waals surface area contributed by atoms with Crippen molar-refractivity contribution >= 4 is 39.9 Å². The van der Waals surface area contributed by atoms with Gasteiger partial charge in [-0.1, -0.05) is 18.7 Å². The van der Waals surface area contributed by atoms with Gasteiger partial charge in [0.05, 0.1) is 47.5 Å². The van der Waals surface area contributed by atoms with E-state index in [1.807, 2.05) is 42.5 Å². The van der Waals surface area contributed by atoms with Crippen LogP contribution in [0.15, 0.2) is 72.0 Å². The number of carbonyl (C=O) groups excluding carboxylic acids is 1. The van der Waals surface area contributed by atoms with Crippen LogP contribution in [0.5, 0.6) is 5.75 Å². The number of furan rings is 1. The minimum Gasteiger partial charge on any atom is -0.494 e. The van der Waals surface area contributed by atoms with Gasteiger partial charge in [0.15, 0.2) is 0 Å². The maximum absolute atomic E-state index is 12.6. The number of hydrogen-bond acceptors (Lipinski definition) is 10. The lowest BCUT2D eigenvalue weighted by atomic mass is 10.0. The van der Waals surface area contributed by atoms with Crippen LogP contribution in [0.4, 0.5) is 23.0 Å². The number of aliphatic hydroxyl groups is 1. The van der Waals surface area contributed by atoms with Crippen molar-refractivity contribution in [3.63, 3.8) is 0 Å². The Hall–Kier alpha value is -5.20. The van der Waals surface area contributed by atoms with Gasteiger partial charge in [0.1, 0.15) is 17.2 Å². The monoisotopic (exact) mass is 662 g/mol. The lowest BCUT2D eigenvalue weighted by Crippen LogP contribution is -2.44. The van der Waals surface area contributed by atoms with E-state index in [4.69, 9.17) is 19.1 Å². The quantitative estimate of drug-likeness (QED) is 0.115.